The van der Waals surface area contributed by atoms with Crippen molar-refractivity contribution in [2.24, 2.45) is 17.6 Å². The van der Waals surface area contributed by atoms with Crippen LogP contribution in [0.1, 0.15) is 55.3 Å². The number of ether oxygens (including phenoxy) is 1. The summed E-state index contributed by atoms with van der Waals surface area (Å²) in [6, 6.07) is 9.87. The number of alkyl halides is 3. The third kappa shape index (κ3) is 7.36. The Bertz CT molecular complexity index is 1280. The van der Waals surface area contributed by atoms with E-state index in [1.807, 2.05) is 18.7 Å². The zero-order valence-corrected chi connectivity index (χ0v) is 24.4. The number of nitrogens with zero attached hydrogens (tertiary/aromatic N) is 2. The molecule has 0 bridgehead atoms. The number of piperazine rings is 1. The molecule has 12 heteroatoms. The molecule has 2 aliphatic heterocycles. The predicted octanol–water partition coefficient (Wildman–Crippen LogP) is 4.52. The summed E-state index contributed by atoms with van der Waals surface area (Å²) >= 11 is 6.00. The maximum absolute atomic E-state index is 13.7. The lowest BCUT2D eigenvalue weighted by Gasteiger charge is -2.39. The summed E-state index contributed by atoms with van der Waals surface area (Å²) in [5, 5.41) is 3.42. The number of nitrogens with one attached hydrogen (secondary N) is 1. The number of benzene rings is 2. The Hall–Kier alpha value is -3.31. The van der Waals surface area contributed by atoms with Crippen LogP contribution in [-0.2, 0) is 25.3 Å². The molecule has 0 saturated carbocycles. The summed E-state index contributed by atoms with van der Waals surface area (Å²) in [6.07, 6.45) is -4.07. The highest BCUT2D eigenvalue weighted by atomic mass is 35.5. The molecular formula is C30H36ClF3N4O4. The van der Waals surface area contributed by atoms with Crippen LogP contribution in [0.5, 0.6) is 0 Å². The molecule has 42 heavy (non-hydrogen) atoms. The first kappa shape index (κ1) is 31.6. The van der Waals surface area contributed by atoms with E-state index in [-0.39, 0.29) is 50.4 Å². The number of amides is 2. The SMILES string of the molecule is CC(C)C[C@H](NC(=O)CCN)c1cc(C(F)(F)F)ccc1N1CCN(C(=O)C2C(=O)OCC2c2ccc(Cl)cc2)CC1. The molecule has 0 aliphatic carbocycles. The number of esters is 1. The van der Waals surface area contributed by atoms with Crippen LogP contribution in [0.2, 0.25) is 5.02 Å². The highest BCUT2D eigenvalue weighted by Gasteiger charge is 2.45. The van der Waals surface area contributed by atoms with E-state index in [0.717, 1.165) is 17.7 Å². The molecule has 3 N–H and O–H groups in total. The molecule has 2 heterocycles. The van der Waals surface area contributed by atoms with Crippen LogP contribution in [0.3, 0.4) is 0 Å². The van der Waals surface area contributed by atoms with Crippen LogP contribution in [0, 0.1) is 11.8 Å². The number of halogens is 4. The lowest BCUT2D eigenvalue weighted by Crippen LogP contribution is -2.52. The Kier molecular flexibility index (Phi) is 10.0. The molecule has 2 saturated heterocycles. The van der Waals surface area contributed by atoms with Crippen molar-refractivity contribution in [2.75, 3.05) is 44.2 Å². The molecule has 2 unspecified atom stereocenters. The molecule has 228 valence electrons. The number of rotatable bonds is 9. The average molecular weight is 609 g/mol. The van der Waals surface area contributed by atoms with E-state index in [1.54, 1.807) is 29.2 Å². The molecule has 2 aromatic carbocycles. The maximum Gasteiger partial charge on any atom is 0.416 e. The van der Waals surface area contributed by atoms with E-state index in [2.05, 4.69) is 5.32 Å². The second-order valence-corrected chi connectivity index (χ2v) is 11.6. The maximum atomic E-state index is 13.7. The Morgan fingerprint density at radius 3 is 2.36 bits per heavy atom. The first-order valence-electron chi connectivity index (χ1n) is 14.1. The number of anilines is 1. The Balaban J connectivity index is 1.55. The first-order valence-corrected chi connectivity index (χ1v) is 14.4. The molecule has 4 rings (SSSR count). The minimum absolute atomic E-state index is 0.0598. The molecule has 0 aromatic heterocycles. The van der Waals surface area contributed by atoms with Gasteiger partial charge in [0.2, 0.25) is 11.8 Å². The lowest BCUT2D eigenvalue weighted by molar-refractivity contribution is -0.149. The zero-order chi connectivity index (χ0) is 30.6. The monoisotopic (exact) mass is 608 g/mol. The van der Waals surface area contributed by atoms with Gasteiger partial charge in [0.05, 0.1) is 18.2 Å². The number of carbonyl (C=O) groups is 3. The number of hydrogen-bond acceptors (Lipinski definition) is 6. The fourth-order valence-electron chi connectivity index (χ4n) is 5.59. The molecule has 2 aliphatic rings. The van der Waals surface area contributed by atoms with Gasteiger partial charge in [-0.1, -0.05) is 37.6 Å². The summed E-state index contributed by atoms with van der Waals surface area (Å²) in [5.74, 6) is -2.57. The Morgan fingerprint density at radius 2 is 1.76 bits per heavy atom. The predicted molar refractivity (Wildman–Crippen MR) is 153 cm³/mol. The third-order valence-electron chi connectivity index (χ3n) is 7.70. The fourth-order valence-corrected chi connectivity index (χ4v) is 5.71. The largest absolute Gasteiger partial charge is 0.464 e. The summed E-state index contributed by atoms with van der Waals surface area (Å²) < 4.78 is 46.5. The van der Waals surface area contributed by atoms with Gasteiger partial charge < -0.3 is 25.6 Å². The van der Waals surface area contributed by atoms with E-state index in [0.29, 0.717) is 35.8 Å². The summed E-state index contributed by atoms with van der Waals surface area (Å²) in [4.78, 5) is 42.2. The minimum Gasteiger partial charge on any atom is -0.464 e. The van der Waals surface area contributed by atoms with E-state index in [4.69, 9.17) is 22.1 Å². The van der Waals surface area contributed by atoms with Gasteiger partial charge in [-0.05, 0) is 53.8 Å². The molecule has 3 atom stereocenters. The zero-order valence-electron chi connectivity index (χ0n) is 23.6. The van der Waals surface area contributed by atoms with Crippen LogP contribution in [0.15, 0.2) is 42.5 Å². The topological polar surface area (TPSA) is 105 Å². The molecular weight excluding hydrogens is 573 g/mol. The van der Waals surface area contributed by atoms with Crippen LogP contribution in [0.25, 0.3) is 0 Å². The molecule has 2 amide bonds. The Morgan fingerprint density at radius 1 is 1.10 bits per heavy atom. The lowest BCUT2D eigenvalue weighted by atomic mass is 9.87. The standard InChI is InChI=1S/C30H36ClF3N4O4/c1-18(2)15-24(36-26(39)9-10-35)22-16-20(30(32,33)34)5-8-25(22)37-11-13-38(14-12-37)28(40)27-23(17-42-29(27)41)19-3-6-21(31)7-4-19/h3-8,16,18,23-24,27H,9-15,17,35H2,1-2H3,(H,36,39)/t23?,24-,27?/m0/s1. The van der Waals surface area contributed by atoms with Crippen LogP contribution >= 0.6 is 11.6 Å². The molecule has 2 aromatic rings. The van der Waals surface area contributed by atoms with E-state index < -0.39 is 35.6 Å². The second kappa shape index (κ2) is 13.3. The van der Waals surface area contributed by atoms with Crippen LogP contribution in [-0.4, -0.2) is 62.0 Å². The van der Waals surface area contributed by atoms with Crippen molar-refractivity contribution in [2.45, 2.75) is 44.8 Å². The van der Waals surface area contributed by atoms with Crippen molar-refractivity contribution >= 4 is 35.1 Å². The van der Waals surface area contributed by atoms with Gasteiger partial charge in [-0.2, -0.15) is 13.2 Å². The summed E-state index contributed by atoms with van der Waals surface area (Å²) in [5.41, 5.74) is 6.44. The normalized spacial score (nSPS) is 20.0. The van der Waals surface area contributed by atoms with E-state index >= 15 is 0 Å². The quantitative estimate of drug-likeness (QED) is 0.321. The second-order valence-electron chi connectivity index (χ2n) is 11.1. The van der Waals surface area contributed by atoms with Gasteiger partial charge in [-0.15, -0.1) is 0 Å². The van der Waals surface area contributed by atoms with Gasteiger partial charge in [0, 0.05) is 55.8 Å². The smallest absolute Gasteiger partial charge is 0.416 e. The van der Waals surface area contributed by atoms with Crippen molar-refractivity contribution in [1.29, 1.82) is 0 Å². The van der Waals surface area contributed by atoms with Gasteiger partial charge in [-0.25, -0.2) is 0 Å². The van der Waals surface area contributed by atoms with Crippen molar-refractivity contribution in [3.05, 3.63) is 64.2 Å². The minimum atomic E-state index is -4.56. The molecule has 0 spiro atoms. The van der Waals surface area contributed by atoms with Gasteiger partial charge in [0.15, 0.2) is 0 Å². The van der Waals surface area contributed by atoms with Crippen molar-refractivity contribution in [1.82, 2.24) is 10.2 Å². The highest BCUT2D eigenvalue weighted by Crippen LogP contribution is 2.38. The van der Waals surface area contributed by atoms with Crippen LogP contribution < -0.4 is 16.0 Å². The van der Waals surface area contributed by atoms with Gasteiger partial charge >= 0.3 is 12.1 Å². The van der Waals surface area contributed by atoms with Crippen molar-refractivity contribution < 1.29 is 32.3 Å². The average Bonchev–Trinajstić information content (AvgIpc) is 3.33. The summed E-state index contributed by atoms with van der Waals surface area (Å²) in [7, 11) is 0. The third-order valence-corrected chi connectivity index (χ3v) is 7.95. The first-order chi connectivity index (χ1) is 19.9. The number of nitrogens with two attached hydrogens (primary N) is 1. The van der Waals surface area contributed by atoms with Gasteiger partial charge in [0.1, 0.15) is 5.92 Å². The molecule has 0 radical (unpaired) electrons. The fraction of sp³-hybridized carbons (Fsp3) is 0.500. The highest BCUT2D eigenvalue weighted by molar-refractivity contribution is 6.30. The van der Waals surface area contributed by atoms with Crippen molar-refractivity contribution in [3.63, 3.8) is 0 Å². The van der Waals surface area contributed by atoms with Gasteiger partial charge in [-0.3, -0.25) is 14.4 Å². The van der Waals surface area contributed by atoms with E-state index in [1.165, 1.54) is 6.07 Å². The number of carbonyl (C=O) groups excluding carboxylic acids is 3. The Labute approximate surface area is 248 Å². The van der Waals surface area contributed by atoms with E-state index in [9.17, 15) is 27.6 Å². The molecule has 2 fully saturated rings. The number of hydrogen-bond donors (Lipinski definition) is 2. The molecule has 8 nitrogen and oxygen atoms in total. The van der Waals surface area contributed by atoms with Crippen LogP contribution in [0.4, 0.5) is 18.9 Å². The summed E-state index contributed by atoms with van der Waals surface area (Å²) in [6.45, 7) is 5.30. The number of cyclic esters (lactones) is 1. The van der Waals surface area contributed by atoms with Gasteiger partial charge in [0.25, 0.3) is 0 Å². The van der Waals surface area contributed by atoms with Crippen molar-refractivity contribution in [3.8, 4) is 0 Å².